The summed E-state index contributed by atoms with van der Waals surface area (Å²) in [6.45, 7) is 8.90. The fraction of sp³-hybridized carbons (Fsp3) is 0.391. The SMILES string of the molecule is Cc1ccc(OCC(=O)N(Cc2ccccc2F)[C@@H](C)C(=O)NC(C)(C)C)cc1. The second-order valence-corrected chi connectivity index (χ2v) is 8.13. The van der Waals surface area contributed by atoms with Gasteiger partial charge in [0.15, 0.2) is 6.61 Å². The molecule has 0 unspecified atom stereocenters. The average molecular weight is 400 g/mol. The van der Waals surface area contributed by atoms with Gasteiger partial charge >= 0.3 is 0 Å². The van der Waals surface area contributed by atoms with Gasteiger partial charge in [-0.1, -0.05) is 35.9 Å². The summed E-state index contributed by atoms with van der Waals surface area (Å²) >= 11 is 0. The lowest BCUT2D eigenvalue weighted by Crippen LogP contribution is -2.53. The number of nitrogens with zero attached hydrogens (tertiary/aromatic N) is 1. The molecule has 0 saturated heterocycles. The van der Waals surface area contributed by atoms with Gasteiger partial charge in [0, 0.05) is 17.6 Å². The first-order chi connectivity index (χ1) is 13.6. The molecule has 0 fully saturated rings. The normalized spacial score (nSPS) is 12.2. The molecule has 6 heteroatoms. The van der Waals surface area contributed by atoms with Gasteiger partial charge in [-0.2, -0.15) is 0 Å². The van der Waals surface area contributed by atoms with E-state index in [1.807, 2.05) is 39.8 Å². The van der Waals surface area contributed by atoms with E-state index in [1.165, 1.54) is 11.0 Å². The van der Waals surface area contributed by atoms with Gasteiger partial charge in [0.05, 0.1) is 0 Å². The smallest absolute Gasteiger partial charge is 0.261 e. The van der Waals surface area contributed by atoms with Crippen molar-refractivity contribution in [2.45, 2.75) is 52.7 Å². The first-order valence-corrected chi connectivity index (χ1v) is 9.61. The Bertz CT molecular complexity index is 844. The molecule has 2 aromatic rings. The number of carbonyl (C=O) groups is 2. The topological polar surface area (TPSA) is 58.6 Å². The molecule has 2 aromatic carbocycles. The van der Waals surface area contributed by atoms with Crippen LogP contribution in [0, 0.1) is 12.7 Å². The fourth-order valence-electron chi connectivity index (χ4n) is 2.73. The zero-order chi connectivity index (χ0) is 21.6. The minimum atomic E-state index is -0.789. The van der Waals surface area contributed by atoms with Gasteiger partial charge in [0.2, 0.25) is 5.91 Å². The van der Waals surface area contributed by atoms with Crippen LogP contribution in [0.3, 0.4) is 0 Å². The largest absolute Gasteiger partial charge is 0.484 e. The van der Waals surface area contributed by atoms with Crippen molar-refractivity contribution in [3.05, 3.63) is 65.5 Å². The molecule has 0 heterocycles. The van der Waals surface area contributed by atoms with E-state index >= 15 is 0 Å². The van der Waals surface area contributed by atoms with Crippen LogP contribution in [0.4, 0.5) is 4.39 Å². The molecule has 2 rings (SSSR count). The maximum Gasteiger partial charge on any atom is 0.261 e. The molecule has 0 spiro atoms. The molecular formula is C23H29FN2O3. The molecule has 0 aliphatic heterocycles. The quantitative estimate of drug-likeness (QED) is 0.768. The predicted molar refractivity (Wildman–Crippen MR) is 111 cm³/mol. The molecule has 29 heavy (non-hydrogen) atoms. The highest BCUT2D eigenvalue weighted by atomic mass is 19.1. The van der Waals surface area contributed by atoms with Gasteiger partial charge in [0.1, 0.15) is 17.6 Å². The third-order valence-corrected chi connectivity index (χ3v) is 4.35. The van der Waals surface area contributed by atoms with Crippen molar-refractivity contribution in [2.75, 3.05) is 6.61 Å². The van der Waals surface area contributed by atoms with E-state index in [2.05, 4.69) is 5.32 Å². The van der Waals surface area contributed by atoms with Crippen LogP contribution in [-0.4, -0.2) is 34.9 Å². The van der Waals surface area contributed by atoms with Crippen LogP contribution in [-0.2, 0) is 16.1 Å². The van der Waals surface area contributed by atoms with Crippen molar-refractivity contribution in [1.82, 2.24) is 10.2 Å². The highest BCUT2D eigenvalue weighted by Gasteiger charge is 2.29. The monoisotopic (exact) mass is 400 g/mol. The number of nitrogens with one attached hydrogen (secondary N) is 1. The molecule has 0 aromatic heterocycles. The van der Waals surface area contributed by atoms with E-state index in [-0.39, 0.29) is 19.1 Å². The third-order valence-electron chi connectivity index (χ3n) is 4.35. The maximum atomic E-state index is 14.2. The number of ether oxygens (including phenoxy) is 1. The molecule has 0 aliphatic carbocycles. The van der Waals surface area contributed by atoms with Gasteiger partial charge in [-0.3, -0.25) is 9.59 Å². The molecule has 1 atom stereocenters. The second kappa shape index (κ2) is 9.54. The summed E-state index contributed by atoms with van der Waals surface area (Å²) in [7, 11) is 0. The van der Waals surface area contributed by atoms with Crippen LogP contribution < -0.4 is 10.1 Å². The molecule has 1 N–H and O–H groups in total. The van der Waals surface area contributed by atoms with Gasteiger partial charge in [-0.25, -0.2) is 4.39 Å². The average Bonchev–Trinajstić information content (AvgIpc) is 2.65. The lowest BCUT2D eigenvalue weighted by Gasteiger charge is -2.31. The summed E-state index contributed by atoms with van der Waals surface area (Å²) in [6.07, 6.45) is 0. The van der Waals surface area contributed by atoms with E-state index in [4.69, 9.17) is 4.74 Å². The summed E-state index contributed by atoms with van der Waals surface area (Å²) in [5, 5.41) is 2.87. The maximum absolute atomic E-state index is 14.2. The first kappa shape index (κ1) is 22.4. The minimum absolute atomic E-state index is 0.0263. The predicted octanol–water partition coefficient (Wildman–Crippen LogP) is 3.84. The van der Waals surface area contributed by atoms with Crippen LogP contribution in [0.5, 0.6) is 5.75 Å². The van der Waals surface area contributed by atoms with Gasteiger partial charge in [0.25, 0.3) is 5.91 Å². The van der Waals surface area contributed by atoms with E-state index in [0.29, 0.717) is 11.3 Å². The molecule has 2 amide bonds. The Morgan fingerprint density at radius 3 is 2.31 bits per heavy atom. The number of carbonyl (C=O) groups excluding carboxylic acids is 2. The van der Waals surface area contributed by atoms with Gasteiger partial charge in [-0.05, 0) is 52.8 Å². The third kappa shape index (κ3) is 6.89. The zero-order valence-corrected chi connectivity index (χ0v) is 17.7. The Balaban J connectivity index is 2.18. The first-order valence-electron chi connectivity index (χ1n) is 9.61. The van der Waals surface area contributed by atoms with Crippen molar-refractivity contribution >= 4 is 11.8 Å². The molecule has 5 nitrogen and oxygen atoms in total. The fourth-order valence-corrected chi connectivity index (χ4v) is 2.73. The zero-order valence-electron chi connectivity index (χ0n) is 17.7. The van der Waals surface area contributed by atoms with Gasteiger partial charge < -0.3 is 15.0 Å². The lowest BCUT2D eigenvalue weighted by atomic mass is 10.1. The number of hydrogen-bond acceptors (Lipinski definition) is 3. The number of aryl methyl sites for hydroxylation is 1. The summed E-state index contributed by atoms with van der Waals surface area (Å²) in [5.74, 6) is -0.572. The van der Waals surface area contributed by atoms with Crippen molar-refractivity contribution in [1.29, 1.82) is 0 Å². The van der Waals surface area contributed by atoms with Crippen LogP contribution >= 0.6 is 0 Å². The molecule has 0 aliphatic rings. The minimum Gasteiger partial charge on any atom is -0.484 e. The van der Waals surface area contributed by atoms with E-state index in [0.717, 1.165) is 5.56 Å². The highest BCUT2D eigenvalue weighted by molar-refractivity contribution is 5.88. The van der Waals surface area contributed by atoms with E-state index in [1.54, 1.807) is 37.3 Å². The Morgan fingerprint density at radius 1 is 1.10 bits per heavy atom. The lowest BCUT2D eigenvalue weighted by molar-refractivity contribution is -0.142. The second-order valence-electron chi connectivity index (χ2n) is 8.13. The van der Waals surface area contributed by atoms with Crippen LogP contribution in [0.25, 0.3) is 0 Å². The number of hydrogen-bond donors (Lipinski definition) is 1. The summed E-state index contributed by atoms with van der Waals surface area (Å²) in [6, 6.07) is 12.8. The van der Waals surface area contributed by atoms with Crippen molar-refractivity contribution in [3.63, 3.8) is 0 Å². The van der Waals surface area contributed by atoms with Crippen molar-refractivity contribution in [3.8, 4) is 5.75 Å². The number of benzene rings is 2. The standard InChI is InChI=1S/C23H29FN2O3/c1-16-10-12-19(13-11-16)29-15-21(27)26(14-18-8-6-7-9-20(18)24)17(2)22(28)25-23(3,4)5/h6-13,17H,14-15H2,1-5H3,(H,25,28)/t17-/m0/s1. The Labute approximate surface area is 171 Å². The van der Waals surface area contributed by atoms with Crippen LogP contribution in [0.1, 0.15) is 38.8 Å². The Hall–Kier alpha value is -2.89. The van der Waals surface area contributed by atoms with Crippen molar-refractivity contribution in [2.24, 2.45) is 0 Å². The van der Waals surface area contributed by atoms with Crippen molar-refractivity contribution < 1.29 is 18.7 Å². The summed E-state index contributed by atoms with van der Waals surface area (Å²) < 4.78 is 19.8. The molecule has 0 radical (unpaired) electrons. The highest BCUT2D eigenvalue weighted by Crippen LogP contribution is 2.16. The summed E-state index contributed by atoms with van der Waals surface area (Å²) in [4.78, 5) is 26.9. The molecular weight excluding hydrogens is 371 g/mol. The van der Waals surface area contributed by atoms with Crippen LogP contribution in [0.2, 0.25) is 0 Å². The Kier molecular flexibility index (Phi) is 7.37. The molecule has 0 bridgehead atoms. The molecule has 0 saturated carbocycles. The number of amides is 2. The van der Waals surface area contributed by atoms with E-state index < -0.39 is 23.3 Å². The molecule has 156 valence electrons. The number of rotatable bonds is 7. The van der Waals surface area contributed by atoms with E-state index in [9.17, 15) is 14.0 Å². The summed E-state index contributed by atoms with van der Waals surface area (Å²) in [5.41, 5.74) is 0.972. The van der Waals surface area contributed by atoms with Gasteiger partial charge in [-0.15, -0.1) is 0 Å². The van der Waals surface area contributed by atoms with Crippen LogP contribution in [0.15, 0.2) is 48.5 Å². The Morgan fingerprint density at radius 2 is 1.72 bits per heavy atom. The number of halogens is 1.